The minimum Gasteiger partial charge on any atom is -0.493 e. The van der Waals surface area contributed by atoms with Gasteiger partial charge in [-0.3, -0.25) is 9.52 Å². The van der Waals surface area contributed by atoms with Crippen LogP contribution in [-0.4, -0.2) is 56.3 Å². The van der Waals surface area contributed by atoms with E-state index in [1.54, 1.807) is 29.8 Å². The van der Waals surface area contributed by atoms with Gasteiger partial charge in [-0.25, -0.2) is 22.2 Å². The second kappa shape index (κ2) is 9.00. The first kappa shape index (κ1) is 24.7. The van der Waals surface area contributed by atoms with Crippen molar-refractivity contribution < 1.29 is 26.7 Å². The highest BCUT2D eigenvalue weighted by Gasteiger charge is 2.44. The average molecular weight is 526 g/mol. The minimum atomic E-state index is -3.53. The van der Waals surface area contributed by atoms with Crippen molar-refractivity contribution in [3.8, 4) is 11.6 Å². The molecule has 0 bridgehead atoms. The van der Waals surface area contributed by atoms with E-state index >= 15 is 0 Å². The van der Waals surface area contributed by atoms with Gasteiger partial charge in [0.15, 0.2) is 11.6 Å². The first-order valence-electron chi connectivity index (χ1n) is 10.3. The van der Waals surface area contributed by atoms with E-state index in [1.807, 2.05) is 0 Å². The van der Waals surface area contributed by atoms with Crippen molar-refractivity contribution in [3.05, 3.63) is 59.0 Å². The van der Waals surface area contributed by atoms with Gasteiger partial charge in [0, 0.05) is 28.7 Å². The zero-order valence-corrected chi connectivity index (χ0v) is 20.5. The third-order valence-corrected chi connectivity index (χ3v) is 6.03. The number of carbonyl (C=O) groups is 1. The van der Waals surface area contributed by atoms with Crippen LogP contribution in [0.2, 0.25) is 5.02 Å². The summed E-state index contributed by atoms with van der Waals surface area (Å²) < 4.78 is 58.9. The Balaban J connectivity index is 1.57. The number of benzene rings is 1. The van der Waals surface area contributed by atoms with E-state index in [9.17, 15) is 22.0 Å². The number of hydrogen-bond donors (Lipinski definition) is 2. The number of nitrogens with zero attached hydrogens (tertiary/aromatic N) is 3. The van der Waals surface area contributed by atoms with Crippen molar-refractivity contribution in [2.45, 2.75) is 12.8 Å². The Hall–Kier alpha value is -3.38. The number of rotatable bonds is 7. The first-order valence-corrected chi connectivity index (χ1v) is 12.6. The standard InChI is InChI=1S/C22H22ClF2N5O4S/c1-13-4-14(21(31)27-16-5-15(23)6-17(7-16)28-35(3,32)33)10-30(13)20-19(34-2)8-18(9-26-20)29-11-22(24,25)12-29/h4-10,28H,11-12H2,1-3H3,(H,27,31). The van der Waals surface area contributed by atoms with Gasteiger partial charge >= 0.3 is 0 Å². The van der Waals surface area contributed by atoms with Gasteiger partial charge in [0.25, 0.3) is 11.8 Å². The van der Waals surface area contributed by atoms with Crippen LogP contribution in [0, 0.1) is 6.92 Å². The molecule has 186 valence electrons. The molecule has 1 fully saturated rings. The fourth-order valence-electron chi connectivity index (χ4n) is 3.69. The van der Waals surface area contributed by atoms with Crippen LogP contribution in [0.1, 0.15) is 16.1 Å². The predicted octanol–water partition coefficient (Wildman–Crippen LogP) is 3.92. The summed E-state index contributed by atoms with van der Waals surface area (Å²) in [6, 6.07) is 7.61. The maximum absolute atomic E-state index is 13.2. The Morgan fingerprint density at radius 3 is 2.49 bits per heavy atom. The molecule has 0 radical (unpaired) electrons. The number of anilines is 3. The number of sulfonamides is 1. The highest BCUT2D eigenvalue weighted by molar-refractivity contribution is 7.92. The van der Waals surface area contributed by atoms with E-state index in [4.69, 9.17) is 16.3 Å². The van der Waals surface area contributed by atoms with Crippen LogP contribution < -0.4 is 19.7 Å². The molecule has 1 saturated heterocycles. The molecule has 0 atom stereocenters. The zero-order valence-electron chi connectivity index (χ0n) is 19.0. The number of carbonyl (C=O) groups excluding carboxylic acids is 1. The zero-order chi connectivity index (χ0) is 25.5. The molecule has 0 aliphatic carbocycles. The average Bonchev–Trinajstić information content (AvgIpc) is 3.11. The molecule has 13 heteroatoms. The Labute approximate surface area is 205 Å². The van der Waals surface area contributed by atoms with E-state index in [0.717, 1.165) is 6.26 Å². The summed E-state index contributed by atoms with van der Waals surface area (Å²) >= 11 is 6.06. The maximum atomic E-state index is 13.2. The van der Waals surface area contributed by atoms with Crippen LogP contribution in [-0.2, 0) is 10.0 Å². The number of ether oxygens (including phenoxy) is 1. The Kier molecular flexibility index (Phi) is 6.36. The topological polar surface area (TPSA) is 106 Å². The molecule has 9 nitrogen and oxygen atoms in total. The van der Waals surface area contributed by atoms with Crippen LogP contribution in [0.5, 0.6) is 5.75 Å². The molecular weight excluding hydrogens is 504 g/mol. The maximum Gasteiger partial charge on any atom is 0.282 e. The fraction of sp³-hybridized carbons (Fsp3) is 0.273. The number of alkyl halides is 2. The second-order valence-electron chi connectivity index (χ2n) is 8.23. The third kappa shape index (κ3) is 5.65. The number of nitrogens with one attached hydrogen (secondary N) is 2. The predicted molar refractivity (Wildman–Crippen MR) is 130 cm³/mol. The molecule has 1 aliphatic rings. The molecule has 0 saturated carbocycles. The lowest BCUT2D eigenvalue weighted by Crippen LogP contribution is -2.56. The van der Waals surface area contributed by atoms with Crippen LogP contribution in [0.3, 0.4) is 0 Å². The molecule has 2 aromatic heterocycles. The fourth-order valence-corrected chi connectivity index (χ4v) is 4.47. The highest BCUT2D eigenvalue weighted by atomic mass is 35.5. The number of amides is 1. The Morgan fingerprint density at radius 2 is 1.86 bits per heavy atom. The lowest BCUT2D eigenvalue weighted by Gasteiger charge is -2.40. The van der Waals surface area contributed by atoms with Gasteiger partial charge in [-0.05, 0) is 31.2 Å². The molecule has 1 aliphatic heterocycles. The molecular formula is C22H22ClF2N5O4S. The molecule has 35 heavy (non-hydrogen) atoms. The van der Waals surface area contributed by atoms with Gasteiger partial charge in [-0.2, -0.15) is 0 Å². The lowest BCUT2D eigenvalue weighted by molar-refractivity contribution is -0.0263. The Morgan fingerprint density at radius 1 is 1.17 bits per heavy atom. The summed E-state index contributed by atoms with van der Waals surface area (Å²) in [7, 11) is -2.08. The summed E-state index contributed by atoms with van der Waals surface area (Å²) in [5.41, 5.74) is 1.99. The van der Waals surface area contributed by atoms with Crippen molar-refractivity contribution in [3.63, 3.8) is 0 Å². The van der Waals surface area contributed by atoms with Crippen molar-refractivity contribution in [2.75, 3.05) is 41.4 Å². The second-order valence-corrected chi connectivity index (χ2v) is 10.4. The number of aromatic nitrogens is 2. The summed E-state index contributed by atoms with van der Waals surface area (Å²) in [5.74, 6) is -2.43. The largest absolute Gasteiger partial charge is 0.493 e. The van der Waals surface area contributed by atoms with Gasteiger partial charge in [-0.15, -0.1) is 0 Å². The third-order valence-electron chi connectivity index (χ3n) is 5.21. The quantitative estimate of drug-likeness (QED) is 0.484. The Bertz CT molecular complexity index is 1400. The van der Waals surface area contributed by atoms with Gasteiger partial charge < -0.3 is 19.5 Å². The van der Waals surface area contributed by atoms with E-state index in [2.05, 4.69) is 15.0 Å². The SMILES string of the molecule is COc1cc(N2CC(F)(F)C2)cnc1-n1cc(C(=O)Nc2cc(Cl)cc(NS(C)(=O)=O)c2)cc1C. The van der Waals surface area contributed by atoms with Crippen molar-refractivity contribution in [1.29, 1.82) is 0 Å². The van der Waals surface area contributed by atoms with Crippen LogP contribution >= 0.6 is 11.6 Å². The normalized spacial score (nSPS) is 14.9. The number of methoxy groups -OCH3 is 1. The van der Waals surface area contributed by atoms with Crippen LogP contribution in [0.25, 0.3) is 5.82 Å². The molecule has 1 amide bonds. The number of hydrogen-bond acceptors (Lipinski definition) is 6. The molecule has 0 spiro atoms. The van der Waals surface area contributed by atoms with Gasteiger partial charge in [-0.1, -0.05) is 11.6 Å². The summed E-state index contributed by atoms with van der Waals surface area (Å²) in [6.45, 7) is 1.01. The molecule has 1 aromatic carbocycles. The van der Waals surface area contributed by atoms with Crippen LogP contribution in [0.15, 0.2) is 42.7 Å². The summed E-state index contributed by atoms with van der Waals surface area (Å²) in [6.07, 6.45) is 4.05. The summed E-state index contributed by atoms with van der Waals surface area (Å²) in [5, 5.41) is 2.92. The first-order chi connectivity index (χ1) is 16.3. The number of halogens is 3. The van der Waals surface area contributed by atoms with Gasteiger partial charge in [0.2, 0.25) is 10.0 Å². The van der Waals surface area contributed by atoms with Crippen molar-refractivity contribution in [1.82, 2.24) is 9.55 Å². The van der Waals surface area contributed by atoms with Crippen molar-refractivity contribution >= 4 is 44.6 Å². The minimum absolute atomic E-state index is 0.207. The van der Waals surface area contributed by atoms with E-state index in [-0.39, 0.29) is 23.8 Å². The number of pyridine rings is 1. The lowest BCUT2D eigenvalue weighted by atomic mass is 10.1. The molecule has 3 heterocycles. The van der Waals surface area contributed by atoms with Crippen molar-refractivity contribution in [2.24, 2.45) is 0 Å². The molecule has 2 N–H and O–H groups in total. The van der Waals surface area contributed by atoms with Gasteiger partial charge in [0.1, 0.15) is 0 Å². The molecule has 0 unspecified atom stereocenters. The van der Waals surface area contributed by atoms with Gasteiger partial charge in [0.05, 0.1) is 49.6 Å². The highest BCUT2D eigenvalue weighted by Crippen LogP contribution is 2.35. The molecule has 4 rings (SSSR count). The van der Waals surface area contributed by atoms with E-state index in [0.29, 0.717) is 34.2 Å². The number of aryl methyl sites for hydroxylation is 1. The molecule has 3 aromatic rings. The van der Waals surface area contributed by atoms with E-state index < -0.39 is 21.9 Å². The smallest absolute Gasteiger partial charge is 0.282 e. The van der Waals surface area contributed by atoms with E-state index in [1.165, 1.54) is 36.4 Å². The van der Waals surface area contributed by atoms with Crippen LogP contribution in [0.4, 0.5) is 25.8 Å². The summed E-state index contributed by atoms with van der Waals surface area (Å²) in [4.78, 5) is 18.8. The monoisotopic (exact) mass is 525 g/mol.